The van der Waals surface area contributed by atoms with Crippen molar-refractivity contribution in [2.75, 3.05) is 24.2 Å². The lowest BCUT2D eigenvalue weighted by molar-refractivity contribution is -0.0451. The molecule has 4 heteroatoms. The highest BCUT2D eigenvalue weighted by Gasteiger charge is 2.28. The van der Waals surface area contributed by atoms with Crippen LogP contribution in [-0.4, -0.2) is 24.2 Å². The fraction of sp³-hybridized carbons (Fsp3) is 0.571. The summed E-state index contributed by atoms with van der Waals surface area (Å²) in [5.41, 5.74) is 0.922. The highest BCUT2D eigenvalue weighted by Crippen LogP contribution is 2.33. The Morgan fingerprint density at radius 3 is 2.56 bits per heavy atom. The van der Waals surface area contributed by atoms with Gasteiger partial charge in [0.25, 0.3) is 0 Å². The Morgan fingerprint density at radius 1 is 1.22 bits per heavy atom. The molecule has 1 atom stereocenters. The van der Waals surface area contributed by atoms with Crippen molar-refractivity contribution < 1.29 is 9.47 Å². The summed E-state index contributed by atoms with van der Waals surface area (Å²) < 4.78 is 13.5. The van der Waals surface area contributed by atoms with Gasteiger partial charge in [-0.15, -0.1) is 0 Å². The second-order valence-corrected chi connectivity index (χ2v) is 5.92. The van der Waals surface area contributed by atoms with Crippen LogP contribution in [0, 0.1) is 0 Å². The number of rotatable bonds is 8. The standard InChI is InChI=1S/C14H20BrIO2/c1-3-8-17-9-10-18-14(2,11-16)12-6-4-5-7-13(12)15/h4-7H,3,8-11H2,1-2H3. The SMILES string of the molecule is CCCOCCOC(C)(CI)c1ccccc1Br. The molecule has 2 nitrogen and oxygen atoms in total. The second kappa shape index (κ2) is 8.51. The van der Waals surface area contributed by atoms with Crippen molar-refractivity contribution >= 4 is 38.5 Å². The Morgan fingerprint density at radius 2 is 1.94 bits per heavy atom. The van der Waals surface area contributed by atoms with E-state index in [0.717, 1.165) is 21.9 Å². The minimum Gasteiger partial charge on any atom is -0.379 e. The van der Waals surface area contributed by atoms with Gasteiger partial charge in [0.15, 0.2) is 0 Å². The van der Waals surface area contributed by atoms with Gasteiger partial charge in [-0.2, -0.15) is 0 Å². The zero-order valence-electron chi connectivity index (χ0n) is 10.9. The average molecular weight is 427 g/mol. The topological polar surface area (TPSA) is 18.5 Å². The van der Waals surface area contributed by atoms with Gasteiger partial charge in [-0.3, -0.25) is 0 Å². The summed E-state index contributed by atoms with van der Waals surface area (Å²) in [5, 5.41) is 0. The summed E-state index contributed by atoms with van der Waals surface area (Å²) in [7, 11) is 0. The van der Waals surface area contributed by atoms with Gasteiger partial charge in [0, 0.05) is 15.5 Å². The van der Waals surface area contributed by atoms with Gasteiger partial charge in [-0.1, -0.05) is 63.6 Å². The van der Waals surface area contributed by atoms with Crippen molar-refractivity contribution in [3.8, 4) is 0 Å². The molecule has 102 valence electrons. The van der Waals surface area contributed by atoms with Crippen LogP contribution in [0.2, 0.25) is 0 Å². The third-order valence-corrected chi connectivity index (χ3v) is 4.84. The van der Waals surface area contributed by atoms with Crippen LogP contribution in [0.3, 0.4) is 0 Å². The number of hydrogen-bond donors (Lipinski definition) is 0. The van der Waals surface area contributed by atoms with Crippen molar-refractivity contribution in [2.24, 2.45) is 0 Å². The smallest absolute Gasteiger partial charge is 0.100 e. The van der Waals surface area contributed by atoms with E-state index in [2.05, 4.69) is 64.5 Å². The number of alkyl halides is 1. The molecular weight excluding hydrogens is 407 g/mol. The van der Waals surface area contributed by atoms with Crippen molar-refractivity contribution in [3.63, 3.8) is 0 Å². The summed E-state index contributed by atoms with van der Waals surface area (Å²) in [4.78, 5) is 0. The maximum absolute atomic E-state index is 6.03. The van der Waals surface area contributed by atoms with Crippen LogP contribution in [0.5, 0.6) is 0 Å². The van der Waals surface area contributed by atoms with Crippen molar-refractivity contribution in [3.05, 3.63) is 34.3 Å². The van der Waals surface area contributed by atoms with Crippen LogP contribution in [-0.2, 0) is 15.1 Å². The molecular formula is C14H20BrIO2. The molecule has 0 spiro atoms. The van der Waals surface area contributed by atoms with Crippen molar-refractivity contribution in [1.82, 2.24) is 0 Å². The molecule has 1 rings (SSSR count). The van der Waals surface area contributed by atoms with Crippen molar-refractivity contribution in [2.45, 2.75) is 25.9 Å². The van der Waals surface area contributed by atoms with Gasteiger partial charge in [0.2, 0.25) is 0 Å². The van der Waals surface area contributed by atoms with E-state index in [0.29, 0.717) is 13.2 Å². The van der Waals surface area contributed by atoms with Gasteiger partial charge in [0.05, 0.1) is 13.2 Å². The lowest BCUT2D eigenvalue weighted by atomic mass is 9.98. The minimum absolute atomic E-state index is 0.268. The predicted octanol–water partition coefficient (Wildman–Crippen LogP) is 4.54. The van der Waals surface area contributed by atoms with Gasteiger partial charge in [-0.05, 0) is 25.0 Å². The van der Waals surface area contributed by atoms with E-state index in [1.165, 1.54) is 5.56 Å². The fourth-order valence-corrected chi connectivity index (χ4v) is 2.99. The third kappa shape index (κ3) is 4.79. The lowest BCUT2D eigenvalue weighted by Gasteiger charge is -2.29. The molecule has 0 radical (unpaired) electrons. The second-order valence-electron chi connectivity index (χ2n) is 4.31. The lowest BCUT2D eigenvalue weighted by Crippen LogP contribution is -2.30. The van der Waals surface area contributed by atoms with Gasteiger partial charge in [-0.25, -0.2) is 0 Å². The quantitative estimate of drug-likeness (QED) is 0.345. The Labute approximate surface area is 132 Å². The molecule has 1 aromatic rings. The molecule has 0 amide bonds. The van der Waals surface area contributed by atoms with E-state index >= 15 is 0 Å². The Balaban J connectivity index is 2.60. The predicted molar refractivity (Wildman–Crippen MR) is 87.4 cm³/mol. The Kier molecular flexibility index (Phi) is 7.75. The Hall–Kier alpha value is 0.350. The van der Waals surface area contributed by atoms with E-state index in [1.54, 1.807) is 0 Å². The zero-order chi connectivity index (χ0) is 13.4. The van der Waals surface area contributed by atoms with Crippen LogP contribution in [0.25, 0.3) is 0 Å². The summed E-state index contributed by atoms with van der Waals surface area (Å²) in [6.07, 6.45) is 1.05. The molecule has 0 bridgehead atoms. The van der Waals surface area contributed by atoms with E-state index in [1.807, 2.05) is 12.1 Å². The summed E-state index contributed by atoms with van der Waals surface area (Å²) >= 11 is 5.96. The van der Waals surface area contributed by atoms with Crippen LogP contribution in [0.15, 0.2) is 28.7 Å². The highest BCUT2D eigenvalue weighted by molar-refractivity contribution is 14.1. The molecule has 18 heavy (non-hydrogen) atoms. The first-order chi connectivity index (χ1) is 8.64. The van der Waals surface area contributed by atoms with Gasteiger partial charge < -0.3 is 9.47 Å². The summed E-state index contributed by atoms with van der Waals surface area (Å²) in [5.74, 6) is 0. The monoisotopic (exact) mass is 426 g/mol. The number of benzene rings is 1. The summed E-state index contributed by atoms with van der Waals surface area (Å²) in [6, 6.07) is 8.22. The first-order valence-corrected chi connectivity index (χ1v) is 8.48. The van der Waals surface area contributed by atoms with Crippen LogP contribution in [0.4, 0.5) is 0 Å². The number of ether oxygens (including phenoxy) is 2. The molecule has 0 fully saturated rings. The van der Waals surface area contributed by atoms with E-state index in [9.17, 15) is 0 Å². The van der Waals surface area contributed by atoms with Gasteiger partial charge in [0.1, 0.15) is 5.60 Å². The highest BCUT2D eigenvalue weighted by atomic mass is 127. The molecule has 0 saturated heterocycles. The molecule has 0 N–H and O–H groups in total. The maximum atomic E-state index is 6.03. The number of halogens is 2. The largest absolute Gasteiger partial charge is 0.379 e. The Bertz CT molecular complexity index is 359. The molecule has 1 unspecified atom stereocenters. The first kappa shape index (κ1) is 16.4. The van der Waals surface area contributed by atoms with E-state index in [4.69, 9.17) is 9.47 Å². The molecule has 0 saturated carbocycles. The van der Waals surface area contributed by atoms with Crippen molar-refractivity contribution in [1.29, 1.82) is 0 Å². The van der Waals surface area contributed by atoms with Crippen LogP contribution in [0.1, 0.15) is 25.8 Å². The molecule has 1 aromatic carbocycles. The van der Waals surface area contributed by atoms with E-state index < -0.39 is 0 Å². The maximum Gasteiger partial charge on any atom is 0.100 e. The van der Waals surface area contributed by atoms with Crippen LogP contribution >= 0.6 is 38.5 Å². The zero-order valence-corrected chi connectivity index (χ0v) is 14.7. The molecule has 0 aliphatic heterocycles. The molecule has 0 aromatic heterocycles. The fourth-order valence-electron chi connectivity index (χ4n) is 1.65. The number of hydrogen-bond acceptors (Lipinski definition) is 2. The molecule has 0 aliphatic rings. The normalized spacial score (nSPS) is 14.4. The van der Waals surface area contributed by atoms with Gasteiger partial charge >= 0.3 is 0 Å². The minimum atomic E-state index is -0.268. The summed E-state index contributed by atoms with van der Waals surface area (Å²) in [6.45, 7) is 6.32. The first-order valence-electron chi connectivity index (χ1n) is 6.16. The average Bonchev–Trinajstić information content (AvgIpc) is 2.39. The molecule has 0 aliphatic carbocycles. The van der Waals surface area contributed by atoms with E-state index in [-0.39, 0.29) is 5.60 Å². The molecule has 0 heterocycles. The third-order valence-electron chi connectivity index (χ3n) is 2.70. The van der Waals surface area contributed by atoms with Crippen LogP contribution < -0.4 is 0 Å².